The predicted octanol–water partition coefficient (Wildman–Crippen LogP) is 4.43. The maximum absolute atomic E-state index is 13.4. The van der Waals surface area contributed by atoms with Crippen LogP contribution in [0, 0.1) is 0 Å². The van der Waals surface area contributed by atoms with Crippen LogP contribution in [0.5, 0.6) is 11.5 Å². The van der Waals surface area contributed by atoms with E-state index < -0.39 is 6.04 Å². The number of carbonyl (C=O) groups is 2. The Hall–Kier alpha value is -4.37. The first-order chi connectivity index (χ1) is 19.4. The number of carbonyl (C=O) groups excluding carboxylic acids is 2. The summed E-state index contributed by atoms with van der Waals surface area (Å²) in [4.78, 5) is 25.7. The van der Waals surface area contributed by atoms with Crippen molar-refractivity contribution in [3.8, 4) is 11.5 Å². The number of thiocarbonyl (C=S) groups is 1. The van der Waals surface area contributed by atoms with Gasteiger partial charge in [-0.05, 0) is 72.9 Å². The van der Waals surface area contributed by atoms with Crippen LogP contribution >= 0.6 is 12.2 Å². The molecule has 3 aromatic rings. The van der Waals surface area contributed by atoms with Crippen molar-refractivity contribution in [2.75, 3.05) is 25.6 Å². The Labute approximate surface area is 240 Å². The molecular formula is C31H34N4O4S. The molecule has 8 nitrogen and oxygen atoms in total. The Morgan fingerprint density at radius 2 is 1.73 bits per heavy atom. The molecular weight excluding hydrogens is 524 g/mol. The zero-order valence-electron chi connectivity index (χ0n) is 22.9. The van der Waals surface area contributed by atoms with Gasteiger partial charge in [0.25, 0.3) is 11.8 Å². The fraction of sp³-hybridized carbons (Fsp3) is 0.258. The highest BCUT2D eigenvalue weighted by atomic mass is 32.1. The summed E-state index contributed by atoms with van der Waals surface area (Å²) in [5.41, 5.74) is 4.96. The smallest absolute Gasteiger partial charge is 0.257 e. The minimum absolute atomic E-state index is 0.149. The lowest BCUT2D eigenvalue weighted by atomic mass is 9.94. The SMILES string of the molecule is CCc1ccc(NC(=O)C2=C(C)NC(=S)N[C@H]2c2ccc(OCC(=O)NCCc3ccccc3)c(OC)c2)cc1. The van der Waals surface area contributed by atoms with Crippen LogP contribution in [0.15, 0.2) is 84.1 Å². The van der Waals surface area contributed by atoms with E-state index in [-0.39, 0.29) is 18.4 Å². The largest absolute Gasteiger partial charge is 0.493 e. The number of allylic oxidation sites excluding steroid dienone is 1. The van der Waals surface area contributed by atoms with E-state index in [1.165, 1.54) is 12.7 Å². The topological polar surface area (TPSA) is 101 Å². The second kappa shape index (κ2) is 13.6. The van der Waals surface area contributed by atoms with E-state index in [0.717, 1.165) is 24.0 Å². The highest BCUT2D eigenvalue weighted by molar-refractivity contribution is 7.80. The van der Waals surface area contributed by atoms with Crippen molar-refractivity contribution in [1.82, 2.24) is 16.0 Å². The summed E-state index contributed by atoms with van der Waals surface area (Å²) in [6.07, 6.45) is 1.66. The van der Waals surface area contributed by atoms with Crippen molar-refractivity contribution < 1.29 is 19.1 Å². The molecule has 1 heterocycles. The van der Waals surface area contributed by atoms with Crippen LogP contribution in [-0.4, -0.2) is 37.2 Å². The number of nitrogens with one attached hydrogen (secondary N) is 4. The molecule has 0 bridgehead atoms. The van der Waals surface area contributed by atoms with Crippen molar-refractivity contribution in [2.45, 2.75) is 32.7 Å². The standard InChI is InChI=1S/C31H34N4O4S/c1-4-21-10-13-24(14-11-21)34-30(37)28-20(2)33-31(40)35-29(28)23-12-15-25(26(18-23)38-3)39-19-27(36)32-17-16-22-8-6-5-7-9-22/h5-15,18,29H,4,16-17,19H2,1-3H3,(H,32,36)(H,34,37)(H2,33,35,40)/t29-/m0/s1. The molecule has 0 aromatic heterocycles. The van der Waals surface area contributed by atoms with Crippen LogP contribution in [-0.2, 0) is 22.4 Å². The molecule has 0 radical (unpaired) electrons. The summed E-state index contributed by atoms with van der Waals surface area (Å²) in [6.45, 7) is 4.27. The first kappa shape index (κ1) is 28.6. The molecule has 0 fully saturated rings. The number of rotatable bonds is 11. The number of amides is 2. The van der Waals surface area contributed by atoms with E-state index in [9.17, 15) is 9.59 Å². The molecule has 1 aliphatic heterocycles. The normalized spacial score (nSPS) is 14.6. The number of ether oxygens (including phenoxy) is 2. The molecule has 0 spiro atoms. The summed E-state index contributed by atoms with van der Waals surface area (Å²) in [5, 5.41) is 12.5. The van der Waals surface area contributed by atoms with E-state index in [4.69, 9.17) is 21.7 Å². The van der Waals surface area contributed by atoms with Crippen molar-refractivity contribution in [2.24, 2.45) is 0 Å². The highest BCUT2D eigenvalue weighted by Gasteiger charge is 2.30. The van der Waals surface area contributed by atoms with E-state index in [0.29, 0.717) is 40.1 Å². The van der Waals surface area contributed by atoms with Crippen LogP contribution in [0.3, 0.4) is 0 Å². The maximum atomic E-state index is 13.4. The minimum Gasteiger partial charge on any atom is -0.493 e. The summed E-state index contributed by atoms with van der Waals surface area (Å²) in [5.74, 6) is 0.384. The van der Waals surface area contributed by atoms with E-state index in [1.54, 1.807) is 12.1 Å². The average molecular weight is 559 g/mol. The van der Waals surface area contributed by atoms with E-state index in [1.807, 2.05) is 67.6 Å². The quantitative estimate of drug-likeness (QED) is 0.259. The van der Waals surface area contributed by atoms with Gasteiger partial charge in [-0.2, -0.15) is 0 Å². The Kier molecular flexibility index (Phi) is 9.75. The summed E-state index contributed by atoms with van der Waals surface area (Å²) < 4.78 is 11.3. The number of aryl methyl sites for hydroxylation is 1. The lowest BCUT2D eigenvalue weighted by Crippen LogP contribution is -2.45. The van der Waals surface area contributed by atoms with Gasteiger partial charge in [0, 0.05) is 17.9 Å². The van der Waals surface area contributed by atoms with Gasteiger partial charge in [0.15, 0.2) is 23.2 Å². The molecule has 0 unspecified atom stereocenters. The molecule has 0 aliphatic carbocycles. The summed E-state index contributed by atoms with van der Waals surface area (Å²) in [6, 6.07) is 22.5. The van der Waals surface area contributed by atoms with Crippen LogP contribution in [0.4, 0.5) is 5.69 Å². The van der Waals surface area contributed by atoms with Crippen molar-refractivity contribution in [1.29, 1.82) is 0 Å². The Balaban J connectivity index is 1.44. The Bertz CT molecular complexity index is 1390. The molecule has 2 amide bonds. The zero-order chi connectivity index (χ0) is 28.5. The van der Waals surface area contributed by atoms with Crippen molar-refractivity contribution in [3.63, 3.8) is 0 Å². The van der Waals surface area contributed by atoms with Crippen LogP contribution < -0.4 is 30.7 Å². The highest BCUT2D eigenvalue weighted by Crippen LogP contribution is 2.34. The lowest BCUT2D eigenvalue weighted by Gasteiger charge is -2.30. The zero-order valence-corrected chi connectivity index (χ0v) is 23.7. The summed E-state index contributed by atoms with van der Waals surface area (Å²) >= 11 is 5.39. The molecule has 0 saturated carbocycles. The Morgan fingerprint density at radius 3 is 2.42 bits per heavy atom. The fourth-order valence-electron chi connectivity index (χ4n) is 4.44. The second-order valence-corrected chi connectivity index (χ2v) is 9.77. The molecule has 4 N–H and O–H groups in total. The number of hydrogen-bond acceptors (Lipinski definition) is 5. The third-order valence-corrected chi connectivity index (χ3v) is 6.81. The van der Waals surface area contributed by atoms with Gasteiger partial charge in [0.2, 0.25) is 0 Å². The molecule has 3 aromatic carbocycles. The molecule has 4 rings (SSSR count). The fourth-order valence-corrected chi connectivity index (χ4v) is 4.71. The van der Waals surface area contributed by atoms with Crippen LogP contribution in [0.2, 0.25) is 0 Å². The third-order valence-electron chi connectivity index (χ3n) is 6.59. The first-order valence-electron chi connectivity index (χ1n) is 13.2. The molecule has 1 atom stereocenters. The average Bonchev–Trinajstić information content (AvgIpc) is 2.96. The third kappa shape index (κ3) is 7.39. The molecule has 1 aliphatic rings. The van der Waals surface area contributed by atoms with Gasteiger partial charge in [0.1, 0.15) is 0 Å². The minimum atomic E-state index is -0.520. The number of methoxy groups -OCH3 is 1. The molecule has 0 saturated heterocycles. The number of hydrogen-bond donors (Lipinski definition) is 4. The lowest BCUT2D eigenvalue weighted by molar-refractivity contribution is -0.123. The monoisotopic (exact) mass is 558 g/mol. The summed E-state index contributed by atoms with van der Waals surface area (Å²) in [7, 11) is 1.53. The second-order valence-electron chi connectivity index (χ2n) is 9.36. The maximum Gasteiger partial charge on any atom is 0.257 e. The number of benzene rings is 3. The van der Waals surface area contributed by atoms with Gasteiger partial charge in [0.05, 0.1) is 18.7 Å². The van der Waals surface area contributed by atoms with E-state index >= 15 is 0 Å². The number of anilines is 1. The van der Waals surface area contributed by atoms with Gasteiger partial charge < -0.3 is 30.7 Å². The van der Waals surface area contributed by atoms with Gasteiger partial charge >= 0.3 is 0 Å². The van der Waals surface area contributed by atoms with Gasteiger partial charge in [-0.3, -0.25) is 9.59 Å². The van der Waals surface area contributed by atoms with Crippen LogP contribution in [0.1, 0.15) is 36.6 Å². The predicted molar refractivity (Wildman–Crippen MR) is 160 cm³/mol. The molecule has 9 heteroatoms. The van der Waals surface area contributed by atoms with Gasteiger partial charge in [-0.15, -0.1) is 0 Å². The Morgan fingerprint density at radius 1 is 0.975 bits per heavy atom. The van der Waals surface area contributed by atoms with Crippen molar-refractivity contribution in [3.05, 3.63) is 101 Å². The van der Waals surface area contributed by atoms with Crippen LogP contribution in [0.25, 0.3) is 0 Å². The van der Waals surface area contributed by atoms with Crippen molar-refractivity contribution >= 4 is 34.8 Å². The molecule has 208 valence electrons. The van der Waals surface area contributed by atoms with E-state index in [2.05, 4.69) is 28.2 Å². The van der Waals surface area contributed by atoms with Gasteiger partial charge in [-0.25, -0.2) is 0 Å². The van der Waals surface area contributed by atoms with Gasteiger partial charge in [-0.1, -0.05) is 55.5 Å². The first-order valence-corrected chi connectivity index (χ1v) is 13.6. The molecule has 40 heavy (non-hydrogen) atoms.